The van der Waals surface area contributed by atoms with E-state index in [0.717, 1.165) is 16.8 Å². The number of nitrogens with one attached hydrogen (secondary N) is 2. The highest BCUT2D eigenvalue weighted by molar-refractivity contribution is 8.14. The number of hydrogen-bond acceptors (Lipinski definition) is 5. The number of fused-ring (bicyclic) bond motifs is 1. The second kappa shape index (κ2) is 7.17. The van der Waals surface area contributed by atoms with Crippen molar-refractivity contribution in [2.24, 2.45) is 10.1 Å². The van der Waals surface area contributed by atoms with E-state index in [0.29, 0.717) is 28.9 Å². The van der Waals surface area contributed by atoms with Crippen molar-refractivity contribution >= 4 is 34.2 Å². The van der Waals surface area contributed by atoms with E-state index < -0.39 is 0 Å². The summed E-state index contributed by atoms with van der Waals surface area (Å²) in [7, 11) is 0. The van der Waals surface area contributed by atoms with Crippen molar-refractivity contribution in [2.75, 3.05) is 17.7 Å². The van der Waals surface area contributed by atoms with E-state index in [-0.39, 0.29) is 18.3 Å². The number of nitrogens with zero attached hydrogens (tertiary/aromatic N) is 2. The molecule has 0 aliphatic carbocycles. The van der Waals surface area contributed by atoms with E-state index in [4.69, 9.17) is 4.74 Å². The van der Waals surface area contributed by atoms with E-state index in [2.05, 4.69) is 20.8 Å². The number of hydrazone groups is 1. The van der Waals surface area contributed by atoms with Crippen LogP contribution in [0.3, 0.4) is 0 Å². The molecule has 2 aliphatic heterocycles. The van der Waals surface area contributed by atoms with Crippen LogP contribution >= 0.6 is 11.8 Å². The van der Waals surface area contributed by atoms with Crippen LogP contribution in [0.4, 0.5) is 10.1 Å². The number of carbonyl (C=O) groups is 1. The third-order valence-corrected chi connectivity index (χ3v) is 4.81. The van der Waals surface area contributed by atoms with Gasteiger partial charge in [-0.2, -0.15) is 5.10 Å². The van der Waals surface area contributed by atoms with Crippen molar-refractivity contribution in [3.63, 3.8) is 0 Å². The van der Waals surface area contributed by atoms with Gasteiger partial charge in [-0.3, -0.25) is 15.2 Å². The van der Waals surface area contributed by atoms with Gasteiger partial charge in [-0.05, 0) is 35.9 Å². The highest BCUT2D eigenvalue weighted by Gasteiger charge is 2.19. The van der Waals surface area contributed by atoms with Gasteiger partial charge in [0.2, 0.25) is 0 Å². The molecule has 2 N–H and O–H groups in total. The first kappa shape index (κ1) is 16.6. The Kier molecular flexibility index (Phi) is 4.57. The van der Waals surface area contributed by atoms with Crippen molar-refractivity contribution < 1.29 is 13.9 Å². The number of hydrogen-bond donors (Lipinski definition) is 2. The minimum atomic E-state index is -0.257. The number of amidine groups is 1. The molecule has 0 atom stereocenters. The lowest BCUT2D eigenvalue weighted by Crippen LogP contribution is -2.27. The van der Waals surface area contributed by atoms with Gasteiger partial charge < -0.3 is 10.1 Å². The van der Waals surface area contributed by atoms with Crippen LogP contribution in [0.25, 0.3) is 0 Å². The predicted octanol–water partition coefficient (Wildman–Crippen LogP) is 2.75. The van der Waals surface area contributed by atoms with Gasteiger partial charge in [0, 0.05) is 11.3 Å². The first-order valence-electron chi connectivity index (χ1n) is 7.99. The second-order valence-electron chi connectivity index (χ2n) is 5.75. The number of anilines is 1. The topological polar surface area (TPSA) is 75.1 Å². The van der Waals surface area contributed by atoms with Gasteiger partial charge in [0.15, 0.2) is 11.8 Å². The van der Waals surface area contributed by atoms with Crippen LogP contribution in [0.5, 0.6) is 5.75 Å². The Hall–Kier alpha value is -2.87. The Morgan fingerprint density at radius 1 is 1.23 bits per heavy atom. The quantitative estimate of drug-likeness (QED) is 0.871. The standard InChI is InChI=1S/C18H15FN4O2S/c19-13-4-1-11(2-5-13)8-20-18-23-22-15(10-26-18)12-3-6-16-14(7-12)21-17(24)9-25-16/h1-7H,8-10H2,(H,20,23)(H,21,24). The molecule has 0 bridgehead atoms. The van der Waals surface area contributed by atoms with Gasteiger partial charge in [0.05, 0.1) is 17.9 Å². The Balaban J connectivity index is 1.44. The van der Waals surface area contributed by atoms with Gasteiger partial charge in [0.25, 0.3) is 5.91 Å². The molecule has 4 rings (SSSR count). The van der Waals surface area contributed by atoms with Crippen molar-refractivity contribution in [1.29, 1.82) is 0 Å². The molecule has 2 aromatic rings. The largest absolute Gasteiger partial charge is 0.482 e. The Labute approximate surface area is 153 Å². The number of carbonyl (C=O) groups excluding carboxylic acids is 1. The molecule has 0 radical (unpaired) electrons. The number of amides is 1. The minimum absolute atomic E-state index is 0.0403. The third-order valence-electron chi connectivity index (χ3n) is 3.90. The molecule has 1 amide bonds. The Bertz CT molecular complexity index is 912. The fourth-order valence-corrected chi connectivity index (χ4v) is 3.33. The number of aliphatic imine (C=N–C) groups is 1. The number of thioether (sulfide) groups is 1. The van der Waals surface area contributed by atoms with Gasteiger partial charge in [-0.25, -0.2) is 4.39 Å². The van der Waals surface area contributed by atoms with Crippen LogP contribution in [-0.2, 0) is 11.3 Å². The van der Waals surface area contributed by atoms with E-state index >= 15 is 0 Å². The van der Waals surface area contributed by atoms with Crippen LogP contribution in [0.15, 0.2) is 52.6 Å². The van der Waals surface area contributed by atoms with Crippen molar-refractivity contribution in [3.8, 4) is 5.75 Å². The van der Waals surface area contributed by atoms with Gasteiger partial charge in [0.1, 0.15) is 11.6 Å². The van der Waals surface area contributed by atoms with Crippen molar-refractivity contribution in [2.45, 2.75) is 6.54 Å². The van der Waals surface area contributed by atoms with E-state index in [1.807, 2.05) is 18.2 Å². The summed E-state index contributed by atoms with van der Waals surface area (Å²) >= 11 is 1.54. The lowest BCUT2D eigenvalue weighted by Gasteiger charge is -2.20. The lowest BCUT2D eigenvalue weighted by molar-refractivity contribution is -0.118. The van der Waals surface area contributed by atoms with Crippen LogP contribution < -0.4 is 15.5 Å². The molecule has 6 nitrogen and oxygen atoms in total. The maximum atomic E-state index is 12.9. The summed E-state index contributed by atoms with van der Waals surface area (Å²) in [6, 6.07) is 11.9. The van der Waals surface area contributed by atoms with E-state index in [1.165, 1.54) is 12.1 Å². The SMILES string of the molecule is O=C1COc2ccc(C3=NNC(=NCc4ccc(F)cc4)SC3)cc2N1. The van der Waals surface area contributed by atoms with Crippen LogP contribution in [0.1, 0.15) is 11.1 Å². The molecule has 0 aromatic heterocycles. The summed E-state index contributed by atoms with van der Waals surface area (Å²) in [6.07, 6.45) is 0. The highest BCUT2D eigenvalue weighted by Crippen LogP contribution is 2.29. The number of ether oxygens (including phenoxy) is 1. The number of rotatable bonds is 3. The van der Waals surface area contributed by atoms with Crippen LogP contribution in [0.2, 0.25) is 0 Å². The molecule has 26 heavy (non-hydrogen) atoms. The van der Waals surface area contributed by atoms with Crippen molar-refractivity contribution in [1.82, 2.24) is 5.43 Å². The average molecular weight is 370 g/mol. The zero-order valence-electron chi connectivity index (χ0n) is 13.7. The predicted molar refractivity (Wildman–Crippen MR) is 100 cm³/mol. The maximum Gasteiger partial charge on any atom is 0.262 e. The maximum absolute atomic E-state index is 12.9. The first-order chi connectivity index (χ1) is 12.7. The monoisotopic (exact) mass is 370 g/mol. The van der Waals surface area contributed by atoms with Crippen LogP contribution in [0, 0.1) is 5.82 Å². The molecular weight excluding hydrogens is 355 g/mol. The van der Waals surface area contributed by atoms with Gasteiger partial charge >= 0.3 is 0 Å². The molecule has 132 valence electrons. The number of halogens is 1. The second-order valence-corrected chi connectivity index (χ2v) is 6.72. The molecule has 0 saturated carbocycles. The molecule has 8 heteroatoms. The molecule has 0 spiro atoms. The zero-order chi connectivity index (χ0) is 17.9. The summed E-state index contributed by atoms with van der Waals surface area (Å²) in [5, 5.41) is 7.89. The first-order valence-corrected chi connectivity index (χ1v) is 8.97. The summed E-state index contributed by atoms with van der Waals surface area (Å²) in [4.78, 5) is 15.9. The normalized spacial score (nSPS) is 17.7. The summed E-state index contributed by atoms with van der Waals surface area (Å²) in [5.74, 6) is 0.894. The smallest absolute Gasteiger partial charge is 0.262 e. The molecule has 2 heterocycles. The van der Waals surface area contributed by atoms with Crippen LogP contribution in [-0.4, -0.2) is 29.1 Å². The van der Waals surface area contributed by atoms with Gasteiger partial charge in [-0.1, -0.05) is 23.9 Å². The molecule has 0 saturated heterocycles. The lowest BCUT2D eigenvalue weighted by atomic mass is 10.1. The van der Waals surface area contributed by atoms with E-state index in [1.54, 1.807) is 23.9 Å². The summed E-state index contributed by atoms with van der Waals surface area (Å²) in [5.41, 5.74) is 6.30. The molecular formula is C18H15FN4O2S. The number of benzene rings is 2. The third kappa shape index (κ3) is 3.70. The summed E-state index contributed by atoms with van der Waals surface area (Å²) in [6.45, 7) is 0.501. The Morgan fingerprint density at radius 3 is 2.85 bits per heavy atom. The van der Waals surface area contributed by atoms with E-state index in [9.17, 15) is 9.18 Å². The van der Waals surface area contributed by atoms with Gasteiger partial charge in [-0.15, -0.1) is 0 Å². The molecule has 0 fully saturated rings. The van der Waals surface area contributed by atoms with Crippen molar-refractivity contribution in [3.05, 3.63) is 59.4 Å². The summed E-state index contributed by atoms with van der Waals surface area (Å²) < 4.78 is 18.3. The molecule has 2 aromatic carbocycles. The highest BCUT2D eigenvalue weighted by atomic mass is 32.2. The Morgan fingerprint density at radius 2 is 2.08 bits per heavy atom. The fraction of sp³-hybridized carbons (Fsp3) is 0.167. The zero-order valence-corrected chi connectivity index (χ0v) is 14.5. The minimum Gasteiger partial charge on any atom is -0.482 e. The molecule has 0 unspecified atom stereocenters. The molecule has 2 aliphatic rings. The fourth-order valence-electron chi connectivity index (χ4n) is 2.56. The average Bonchev–Trinajstić information content (AvgIpc) is 2.67.